The number of aromatic nitrogens is 2. The van der Waals surface area contributed by atoms with Crippen molar-refractivity contribution in [2.75, 3.05) is 19.6 Å². The summed E-state index contributed by atoms with van der Waals surface area (Å²) in [5.74, 6) is 1.15. The fourth-order valence-corrected chi connectivity index (χ4v) is 4.22. The second-order valence-electron chi connectivity index (χ2n) is 5.84. The maximum Gasteiger partial charge on any atom is 0.127 e. The Morgan fingerprint density at radius 3 is 3.14 bits per heavy atom. The zero-order valence-corrected chi connectivity index (χ0v) is 13.5. The van der Waals surface area contributed by atoms with Gasteiger partial charge in [-0.3, -0.25) is 4.90 Å². The standard InChI is InChI=1S/C17H20N4S/c1-20-8-7-19-17(20)15-10-18-6-9-21(15)11-13-12-22-16-5-3-2-4-14(13)16/h2-5,7-8,12,15,18H,6,9-11H2,1H3. The van der Waals surface area contributed by atoms with Gasteiger partial charge in [0, 0.05) is 50.3 Å². The lowest BCUT2D eigenvalue weighted by Gasteiger charge is -2.35. The van der Waals surface area contributed by atoms with Gasteiger partial charge in [0.05, 0.1) is 6.04 Å². The van der Waals surface area contributed by atoms with E-state index in [0.29, 0.717) is 6.04 Å². The van der Waals surface area contributed by atoms with E-state index in [-0.39, 0.29) is 0 Å². The van der Waals surface area contributed by atoms with Gasteiger partial charge in [-0.05, 0) is 22.4 Å². The van der Waals surface area contributed by atoms with Gasteiger partial charge in [0.15, 0.2) is 0 Å². The summed E-state index contributed by atoms with van der Waals surface area (Å²) in [7, 11) is 2.08. The third-order valence-electron chi connectivity index (χ3n) is 4.45. The SMILES string of the molecule is Cn1ccnc1C1CNCCN1Cc1csc2ccccc12. The topological polar surface area (TPSA) is 33.1 Å². The van der Waals surface area contributed by atoms with Crippen LogP contribution in [0, 0.1) is 0 Å². The number of fused-ring (bicyclic) bond motifs is 1. The summed E-state index contributed by atoms with van der Waals surface area (Å²) in [5.41, 5.74) is 1.43. The second-order valence-corrected chi connectivity index (χ2v) is 6.76. The van der Waals surface area contributed by atoms with Crippen LogP contribution in [-0.4, -0.2) is 34.1 Å². The maximum atomic E-state index is 4.57. The molecule has 1 fully saturated rings. The number of thiophene rings is 1. The molecule has 0 spiro atoms. The number of hydrogen-bond donors (Lipinski definition) is 1. The maximum absolute atomic E-state index is 4.57. The van der Waals surface area contributed by atoms with Crippen molar-refractivity contribution >= 4 is 21.4 Å². The summed E-state index contributed by atoms with van der Waals surface area (Å²) in [5, 5.41) is 7.21. The van der Waals surface area contributed by atoms with Crippen molar-refractivity contribution in [3.8, 4) is 0 Å². The van der Waals surface area contributed by atoms with Crippen molar-refractivity contribution in [1.29, 1.82) is 0 Å². The smallest absolute Gasteiger partial charge is 0.127 e. The molecule has 22 heavy (non-hydrogen) atoms. The fourth-order valence-electron chi connectivity index (χ4n) is 3.26. The first-order valence-electron chi connectivity index (χ1n) is 7.70. The van der Waals surface area contributed by atoms with Crippen LogP contribution in [0.25, 0.3) is 10.1 Å². The van der Waals surface area contributed by atoms with Gasteiger partial charge in [0.25, 0.3) is 0 Å². The Labute approximate surface area is 134 Å². The summed E-state index contributed by atoms with van der Waals surface area (Å²) < 4.78 is 3.51. The van der Waals surface area contributed by atoms with Crippen molar-refractivity contribution < 1.29 is 0 Å². The molecule has 3 aromatic rings. The number of imidazole rings is 1. The summed E-state index contributed by atoms with van der Waals surface area (Å²) >= 11 is 1.84. The average Bonchev–Trinajstić information content (AvgIpc) is 3.15. The predicted molar refractivity (Wildman–Crippen MR) is 91.1 cm³/mol. The molecule has 0 saturated carbocycles. The Kier molecular flexibility index (Phi) is 3.70. The van der Waals surface area contributed by atoms with Crippen LogP contribution in [0.1, 0.15) is 17.4 Å². The van der Waals surface area contributed by atoms with Crippen molar-refractivity contribution in [1.82, 2.24) is 19.8 Å². The molecular weight excluding hydrogens is 292 g/mol. The summed E-state index contributed by atoms with van der Waals surface area (Å²) in [4.78, 5) is 7.11. The Balaban J connectivity index is 1.64. The van der Waals surface area contributed by atoms with Crippen LogP contribution in [0.3, 0.4) is 0 Å². The lowest BCUT2D eigenvalue weighted by Crippen LogP contribution is -2.46. The van der Waals surface area contributed by atoms with Crippen LogP contribution in [-0.2, 0) is 13.6 Å². The highest BCUT2D eigenvalue weighted by atomic mass is 32.1. The molecule has 1 unspecified atom stereocenters. The minimum atomic E-state index is 0.340. The van der Waals surface area contributed by atoms with Crippen molar-refractivity contribution in [2.45, 2.75) is 12.6 Å². The van der Waals surface area contributed by atoms with E-state index in [1.54, 1.807) is 0 Å². The molecule has 1 aromatic carbocycles. The third-order valence-corrected chi connectivity index (χ3v) is 5.46. The Morgan fingerprint density at radius 1 is 1.36 bits per heavy atom. The molecule has 5 heteroatoms. The highest BCUT2D eigenvalue weighted by molar-refractivity contribution is 7.17. The van der Waals surface area contributed by atoms with Gasteiger partial charge in [0.2, 0.25) is 0 Å². The van der Waals surface area contributed by atoms with Gasteiger partial charge >= 0.3 is 0 Å². The molecule has 4 rings (SSSR count). The first-order chi connectivity index (χ1) is 10.8. The van der Waals surface area contributed by atoms with Crippen LogP contribution >= 0.6 is 11.3 Å². The molecule has 4 nitrogen and oxygen atoms in total. The van der Waals surface area contributed by atoms with Gasteiger partial charge in [-0.15, -0.1) is 11.3 Å². The molecule has 114 valence electrons. The van der Waals surface area contributed by atoms with E-state index in [4.69, 9.17) is 0 Å². The van der Waals surface area contributed by atoms with Crippen LogP contribution in [0.2, 0.25) is 0 Å². The lowest BCUT2D eigenvalue weighted by molar-refractivity contribution is 0.145. The number of nitrogens with zero attached hydrogens (tertiary/aromatic N) is 3. The molecule has 1 aliphatic rings. The first kappa shape index (κ1) is 13.9. The molecule has 2 aromatic heterocycles. The van der Waals surface area contributed by atoms with Crippen LogP contribution in [0.5, 0.6) is 0 Å². The Bertz CT molecular complexity index is 776. The van der Waals surface area contributed by atoms with E-state index in [2.05, 4.69) is 56.5 Å². The minimum absolute atomic E-state index is 0.340. The largest absolute Gasteiger partial charge is 0.337 e. The summed E-state index contributed by atoms with van der Waals surface area (Å²) in [6.07, 6.45) is 3.92. The minimum Gasteiger partial charge on any atom is -0.337 e. The highest BCUT2D eigenvalue weighted by Crippen LogP contribution is 2.29. The average molecular weight is 312 g/mol. The molecule has 0 radical (unpaired) electrons. The van der Waals surface area contributed by atoms with E-state index < -0.39 is 0 Å². The van der Waals surface area contributed by atoms with Crippen molar-refractivity contribution in [3.05, 3.63) is 53.4 Å². The highest BCUT2D eigenvalue weighted by Gasteiger charge is 2.27. The fraction of sp³-hybridized carbons (Fsp3) is 0.353. The Hall–Kier alpha value is -1.69. The quantitative estimate of drug-likeness (QED) is 0.807. The molecule has 3 heterocycles. The monoisotopic (exact) mass is 312 g/mol. The van der Waals surface area contributed by atoms with E-state index in [1.807, 2.05) is 23.7 Å². The van der Waals surface area contributed by atoms with Crippen molar-refractivity contribution in [2.24, 2.45) is 7.05 Å². The van der Waals surface area contributed by atoms with Gasteiger partial charge in [0.1, 0.15) is 5.82 Å². The molecule has 1 aliphatic heterocycles. The van der Waals surface area contributed by atoms with Crippen LogP contribution in [0.4, 0.5) is 0 Å². The zero-order valence-electron chi connectivity index (χ0n) is 12.7. The second kappa shape index (κ2) is 5.83. The van der Waals surface area contributed by atoms with Crippen molar-refractivity contribution in [3.63, 3.8) is 0 Å². The normalized spacial score (nSPS) is 19.8. The van der Waals surface area contributed by atoms with Gasteiger partial charge in [-0.1, -0.05) is 18.2 Å². The van der Waals surface area contributed by atoms with Gasteiger partial charge < -0.3 is 9.88 Å². The van der Waals surface area contributed by atoms with Gasteiger partial charge in [-0.25, -0.2) is 4.98 Å². The summed E-state index contributed by atoms with van der Waals surface area (Å²) in [6, 6.07) is 9.03. The molecule has 0 aliphatic carbocycles. The van der Waals surface area contributed by atoms with Crippen LogP contribution in [0.15, 0.2) is 42.0 Å². The van der Waals surface area contributed by atoms with E-state index >= 15 is 0 Å². The number of piperazine rings is 1. The number of hydrogen-bond acceptors (Lipinski definition) is 4. The molecular formula is C17H20N4S. The van der Waals surface area contributed by atoms with E-state index in [9.17, 15) is 0 Å². The third kappa shape index (κ3) is 2.45. The number of benzene rings is 1. The molecule has 1 N–H and O–H groups in total. The number of rotatable bonds is 3. The molecule has 0 bridgehead atoms. The molecule has 1 atom stereocenters. The molecule has 0 amide bonds. The number of aryl methyl sites for hydroxylation is 1. The van der Waals surface area contributed by atoms with Crippen LogP contribution < -0.4 is 5.32 Å². The van der Waals surface area contributed by atoms with E-state index in [0.717, 1.165) is 32.0 Å². The lowest BCUT2D eigenvalue weighted by atomic mass is 10.1. The molecule has 1 saturated heterocycles. The number of nitrogens with one attached hydrogen (secondary N) is 1. The predicted octanol–water partition coefficient (Wildman–Crippen LogP) is 2.78. The van der Waals surface area contributed by atoms with E-state index in [1.165, 1.54) is 15.6 Å². The van der Waals surface area contributed by atoms with Gasteiger partial charge in [-0.2, -0.15) is 0 Å². The Morgan fingerprint density at radius 2 is 2.27 bits per heavy atom. The zero-order chi connectivity index (χ0) is 14.9. The first-order valence-corrected chi connectivity index (χ1v) is 8.58. The summed E-state index contributed by atoms with van der Waals surface area (Å²) in [6.45, 7) is 4.06.